The van der Waals surface area contributed by atoms with Crippen LogP contribution in [0.25, 0.3) is 6.08 Å². The molecule has 22 heavy (non-hydrogen) atoms. The molecule has 0 spiro atoms. The van der Waals surface area contributed by atoms with Gasteiger partial charge in [-0.2, -0.15) is 0 Å². The van der Waals surface area contributed by atoms with Crippen LogP contribution in [0.15, 0.2) is 54.6 Å². The fourth-order valence-electron chi connectivity index (χ4n) is 2.10. The van der Waals surface area contributed by atoms with Gasteiger partial charge >= 0.3 is 0 Å². The average molecular weight is 313 g/mol. The molecule has 3 nitrogen and oxygen atoms in total. The SMILES string of the molecule is Cc1c(C[S@@](C)=O)cccc1NC(=O)/C=C/c1ccccc1. The van der Waals surface area contributed by atoms with E-state index in [0.29, 0.717) is 5.75 Å². The van der Waals surface area contributed by atoms with Crippen molar-refractivity contribution in [1.29, 1.82) is 0 Å². The van der Waals surface area contributed by atoms with Crippen molar-refractivity contribution in [3.05, 3.63) is 71.3 Å². The van der Waals surface area contributed by atoms with Crippen LogP contribution in [0.5, 0.6) is 0 Å². The highest BCUT2D eigenvalue weighted by atomic mass is 32.2. The quantitative estimate of drug-likeness (QED) is 0.858. The molecule has 1 N–H and O–H groups in total. The molecule has 0 heterocycles. The van der Waals surface area contributed by atoms with Crippen LogP contribution >= 0.6 is 0 Å². The van der Waals surface area contributed by atoms with Gasteiger partial charge in [-0.1, -0.05) is 42.5 Å². The van der Waals surface area contributed by atoms with Gasteiger partial charge in [-0.15, -0.1) is 0 Å². The lowest BCUT2D eigenvalue weighted by molar-refractivity contribution is -0.111. The Kier molecular flexibility index (Phi) is 5.67. The minimum atomic E-state index is -0.903. The molecule has 2 rings (SSSR count). The van der Waals surface area contributed by atoms with Crippen LogP contribution in [0.4, 0.5) is 5.69 Å². The number of nitrogens with one attached hydrogen (secondary N) is 1. The number of carbonyl (C=O) groups excluding carboxylic acids is 1. The van der Waals surface area contributed by atoms with Gasteiger partial charge in [0.15, 0.2) is 0 Å². The summed E-state index contributed by atoms with van der Waals surface area (Å²) >= 11 is 0. The second kappa shape index (κ2) is 7.71. The van der Waals surface area contributed by atoms with E-state index in [9.17, 15) is 9.00 Å². The number of rotatable bonds is 5. The van der Waals surface area contributed by atoms with E-state index in [-0.39, 0.29) is 5.91 Å². The number of carbonyl (C=O) groups is 1. The van der Waals surface area contributed by atoms with Crippen LogP contribution in [0.1, 0.15) is 16.7 Å². The Morgan fingerprint density at radius 3 is 2.55 bits per heavy atom. The molecule has 2 aromatic rings. The second-order valence-electron chi connectivity index (χ2n) is 5.04. The standard InChI is InChI=1S/C18H19NO2S/c1-14-16(13-22(2)21)9-6-10-17(14)19-18(20)12-11-15-7-4-3-5-8-15/h3-12H,13H2,1-2H3,(H,19,20)/b12-11+/t22-/m1/s1. The molecule has 0 saturated carbocycles. The first-order valence-electron chi connectivity index (χ1n) is 6.99. The zero-order valence-corrected chi connectivity index (χ0v) is 13.5. The fraction of sp³-hybridized carbons (Fsp3) is 0.167. The molecule has 0 aliphatic heterocycles. The third kappa shape index (κ3) is 4.67. The van der Waals surface area contributed by atoms with E-state index in [2.05, 4.69) is 5.32 Å². The van der Waals surface area contributed by atoms with E-state index in [1.807, 2.05) is 55.5 Å². The van der Waals surface area contributed by atoms with Crippen molar-refractivity contribution >= 4 is 28.5 Å². The monoisotopic (exact) mass is 313 g/mol. The number of amides is 1. The molecule has 0 fully saturated rings. The minimum Gasteiger partial charge on any atom is -0.322 e. The lowest BCUT2D eigenvalue weighted by atomic mass is 10.1. The van der Waals surface area contributed by atoms with Crippen LogP contribution < -0.4 is 5.32 Å². The molecule has 0 aliphatic rings. The van der Waals surface area contributed by atoms with Crippen molar-refractivity contribution in [3.8, 4) is 0 Å². The van der Waals surface area contributed by atoms with Gasteiger partial charge in [0.05, 0.1) is 0 Å². The molecule has 0 aromatic heterocycles. The maximum atomic E-state index is 12.0. The van der Waals surface area contributed by atoms with Crippen molar-refractivity contribution in [1.82, 2.24) is 0 Å². The van der Waals surface area contributed by atoms with Crippen molar-refractivity contribution in [2.75, 3.05) is 11.6 Å². The van der Waals surface area contributed by atoms with Crippen molar-refractivity contribution in [2.24, 2.45) is 0 Å². The van der Waals surface area contributed by atoms with E-state index >= 15 is 0 Å². The molecular formula is C18H19NO2S. The maximum absolute atomic E-state index is 12.0. The first kappa shape index (κ1) is 16.2. The highest BCUT2D eigenvalue weighted by Gasteiger charge is 2.07. The molecular weight excluding hydrogens is 294 g/mol. The minimum absolute atomic E-state index is 0.179. The molecule has 0 bridgehead atoms. The summed E-state index contributed by atoms with van der Waals surface area (Å²) in [5.74, 6) is 0.316. The van der Waals surface area contributed by atoms with Gasteiger partial charge in [0, 0.05) is 34.6 Å². The molecule has 114 valence electrons. The summed E-state index contributed by atoms with van der Waals surface area (Å²) in [7, 11) is -0.903. The van der Waals surface area contributed by atoms with Crippen molar-refractivity contribution < 1.29 is 9.00 Å². The van der Waals surface area contributed by atoms with Gasteiger partial charge in [-0.25, -0.2) is 0 Å². The largest absolute Gasteiger partial charge is 0.322 e. The highest BCUT2D eigenvalue weighted by Crippen LogP contribution is 2.20. The van der Waals surface area contributed by atoms with Crippen molar-refractivity contribution in [2.45, 2.75) is 12.7 Å². The summed E-state index contributed by atoms with van der Waals surface area (Å²) < 4.78 is 11.4. The summed E-state index contributed by atoms with van der Waals surface area (Å²) in [4.78, 5) is 12.0. The van der Waals surface area contributed by atoms with Crippen LogP contribution in [0.2, 0.25) is 0 Å². The Morgan fingerprint density at radius 2 is 1.86 bits per heavy atom. The third-order valence-corrected chi connectivity index (χ3v) is 4.01. The van der Waals surface area contributed by atoms with Crippen LogP contribution in [-0.2, 0) is 21.3 Å². The Morgan fingerprint density at radius 1 is 1.14 bits per heavy atom. The molecule has 1 amide bonds. The Balaban J connectivity index is 2.09. The highest BCUT2D eigenvalue weighted by molar-refractivity contribution is 7.83. The van der Waals surface area contributed by atoms with E-state index in [0.717, 1.165) is 22.4 Å². The Bertz CT molecular complexity index is 708. The first-order chi connectivity index (χ1) is 10.6. The smallest absolute Gasteiger partial charge is 0.248 e. The zero-order chi connectivity index (χ0) is 15.9. The summed E-state index contributed by atoms with van der Waals surface area (Å²) in [6.45, 7) is 1.93. The summed E-state index contributed by atoms with van der Waals surface area (Å²) in [5, 5.41) is 2.87. The van der Waals surface area contributed by atoms with Crippen LogP contribution in [-0.4, -0.2) is 16.4 Å². The molecule has 1 atom stereocenters. The second-order valence-corrected chi connectivity index (χ2v) is 6.48. The van der Waals surface area contributed by atoms with E-state index < -0.39 is 10.8 Å². The van der Waals surface area contributed by atoms with Crippen LogP contribution in [0, 0.1) is 6.92 Å². The van der Waals surface area contributed by atoms with Gasteiger partial charge in [-0.3, -0.25) is 9.00 Å². The lowest BCUT2D eigenvalue weighted by Crippen LogP contribution is -2.10. The van der Waals surface area contributed by atoms with Gasteiger partial charge in [-0.05, 0) is 35.8 Å². The number of hydrogen-bond acceptors (Lipinski definition) is 2. The number of anilines is 1. The summed E-state index contributed by atoms with van der Waals surface area (Å²) in [5.41, 5.74) is 3.68. The Hall–Kier alpha value is -2.20. The topological polar surface area (TPSA) is 46.2 Å². The first-order valence-corrected chi connectivity index (χ1v) is 8.71. The summed E-state index contributed by atoms with van der Waals surface area (Å²) in [6, 6.07) is 15.3. The van der Waals surface area contributed by atoms with Crippen molar-refractivity contribution in [3.63, 3.8) is 0 Å². The predicted molar refractivity (Wildman–Crippen MR) is 93.1 cm³/mol. The molecule has 0 unspecified atom stereocenters. The molecule has 0 radical (unpaired) electrons. The van der Waals surface area contributed by atoms with Gasteiger partial charge in [0.1, 0.15) is 0 Å². The van der Waals surface area contributed by atoms with E-state index in [1.165, 1.54) is 6.08 Å². The fourth-order valence-corrected chi connectivity index (χ4v) is 2.86. The lowest BCUT2D eigenvalue weighted by Gasteiger charge is -2.10. The molecule has 0 saturated heterocycles. The van der Waals surface area contributed by atoms with E-state index in [1.54, 1.807) is 12.3 Å². The average Bonchev–Trinajstić information content (AvgIpc) is 2.50. The summed E-state index contributed by atoms with van der Waals surface area (Å²) in [6.07, 6.45) is 4.96. The molecule has 4 heteroatoms. The normalized spacial score (nSPS) is 12.3. The number of benzene rings is 2. The molecule has 0 aliphatic carbocycles. The molecule has 2 aromatic carbocycles. The maximum Gasteiger partial charge on any atom is 0.248 e. The number of hydrogen-bond donors (Lipinski definition) is 1. The Labute approximate surface area is 133 Å². The predicted octanol–water partition coefficient (Wildman–Crippen LogP) is 3.53. The van der Waals surface area contributed by atoms with Crippen LogP contribution in [0.3, 0.4) is 0 Å². The van der Waals surface area contributed by atoms with Gasteiger partial charge < -0.3 is 5.32 Å². The zero-order valence-electron chi connectivity index (χ0n) is 12.7. The van der Waals surface area contributed by atoms with Gasteiger partial charge in [0.25, 0.3) is 0 Å². The third-order valence-electron chi connectivity index (χ3n) is 3.29. The van der Waals surface area contributed by atoms with E-state index in [4.69, 9.17) is 0 Å². The van der Waals surface area contributed by atoms with Gasteiger partial charge in [0.2, 0.25) is 5.91 Å².